The molecule has 0 spiro atoms. The number of rotatable bonds is 1. The fraction of sp³-hybridized carbons (Fsp3) is 0.250. The third-order valence-electron chi connectivity index (χ3n) is 0.700. The first-order valence-corrected chi connectivity index (χ1v) is 3.74. The number of halogens is 1. The maximum Gasteiger partial charge on any atom is 0.0899 e. The zero-order valence-electron chi connectivity index (χ0n) is 4.10. The van der Waals surface area contributed by atoms with Gasteiger partial charge in [-0.2, -0.15) is 0 Å². The Morgan fingerprint density at radius 1 is 1.88 bits per heavy atom. The number of aromatic nitrogens is 1. The minimum Gasteiger partial charge on any atom is -0.249 e. The fourth-order valence-corrected chi connectivity index (χ4v) is 1.56. The molecule has 1 nitrogen and oxygen atoms in total. The number of nitrogens with zero attached hydrogens (tertiary/aromatic N) is 1. The van der Waals surface area contributed by atoms with Crippen LogP contribution in [0.5, 0.6) is 0 Å². The van der Waals surface area contributed by atoms with E-state index in [0.29, 0.717) is 6.32 Å². The zero-order chi connectivity index (χ0) is 5.98. The van der Waals surface area contributed by atoms with Crippen molar-refractivity contribution in [2.45, 2.75) is 6.32 Å². The molecule has 0 aliphatic heterocycles. The first-order chi connectivity index (χ1) is 3.83. The van der Waals surface area contributed by atoms with E-state index in [9.17, 15) is 0 Å². The molecule has 0 N–H and O–H groups in total. The molecule has 1 aromatic rings. The molecule has 8 heavy (non-hydrogen) atoms. The van der Waals surface area contributed by atoms with Crippen LogP contribution < -0.4 is 0 Å². The molecule has 0 unspecified atom stereocenters. The van der Waals surface area contributed by atoms with Crippen molar-refractivity contribution in [3.8, 4) is 0 Å². The molecule has 1 heterocycles. The highest BCUT2D eigenvalue weighted by Crippen LogP contribution is 2.18. The van der Waals surface area contributed by atoms with Gasteiger partial charge in [-0.15, -0.1) is 11.3 Å². The molecular formula is C4H3BBrNS. The SMILES string of the molecule is [B]Cc1ncc(Br)s1. The zero-order valence-corrected chi connectivity index (χ0v) is 6.50. The molecule has 0 aliphatic carbocycles. The smallest absolute Gasteiger partial charge is 0.0899 e. The van der Waals surface area contributed by atoms with Crippen LogP contribution in [-0.4, -0.2) is 12.8 Å². The lowest BCUT2D eigenvalue weighted by molar-refractivity contribution is 1.26. The first-order valence-electron chi connectivity index (χ1n) is 2.13. The van der Waals surface area contributed by atoms with Crippen molar-refractivity contribution in [1.82, 2.24) is 4.98 Å². The summed E-state index contributed by atoms with van der Waals surface area (Å²) < 4.78 is 1.04. The molecule has 1 aromatic heterocycles. The Balaban J connectivity index is 2.84. The van der Waals surface area contributed by atoms with E-state index in [1.807, 2.05) is 0 Å². The largest absolute Gasteiger partial charge is 0.249 e. The average Bonchev–Trinajstić information content (AvgIpc) is 2.14. The van der Waals surface area contributed by atoms with Crippen LogP contribution in [0, 0.1) is 0 Å². The van der Waals surface area contributed by atoms with E-state index in [0.717, 1.165) is 8.79 Å². The van der Waals surface area contributed by atoms with Crippen LogP contribution in [-0.2, 0) is 6.32 Å². The summed E-state index contributed by atoms with van der Waals surface area (Å²) in [5.74, 6) is 0. The number of hydrogen-bond donors (Lipinski definition) is 0. The van der Waals surface area contributed by atoms with Gasteiger partial charge >= 0.3 is 0 Å². The van der Waals surface area contributed by atoms with Crippen molar-refractivity contribution in [3.63, 3.8) is 0 Å². The van der Waals surface area contributed by atoms with Crippen molar-refractivity contribution >= 4 is 35.1 Å². The highest BCUT2D eigenvalue weighted by molar-refractivity contribution is 9.11. The molecule has 1 rings (SSSR count). The second-order valence-electron chi connectivity index (χ2n) is 1.26. The summed E-state index contributed by atoms with van der Waals surface area (Å²) in [5.41, 5.74) is 0. The summed E-state index contributed by atoms with van der Waals surface area (Å²) in [6.45, 7) is 0. The second-order valence-corrected chi connectivity index (χ2v) is 3.76. The van der Waals surface area contributed by atoms with Crippen LogP contribution in [0.15, 0.2) is 9.98 Å². The van der Waals surface area contributed by atoms with Crippen molar-refractivity contribution in [3.05, 3.63) is 15.0 Å². The van der Waals surface area contributed by atoms with Crippen molar-refractivity contribution in [2.75, 3.05) is 0 Å². The van der Waals surface area contributed by atoms with Crippen LogP contribution in [0.4, 0.5) is 0 Å². The fourth-order valence-electron chi connectivity index (χ4n) is 0.382. The van der Waals surface area contributed by atoms with Gasteiger partial charge in [-0.3, -0.25) is 0 Å². The Labute approximate surface area is 61.7 Å². The van der Waals surface area contributed by atoms with Gasteiger partial charge in [-0.25, -0.2) is 4.98 Å². The lowest BCUT2D eigenvalue weighted by Gasteiger charge is -1.77. The summed E-state index contributed by atoms with van der Waals surface area (Å²) in [5, 5.41) is 0.969. The molecule has 0 aromatic carbocycles. The van der Waals surface area contributed by atoms with Crippen LogP contribution in [0.3, 0.4) is 0 Å². The second kappa shape index (κ2) is 2.64. The molecule has 0 atom stereocenters. The van der Waals surface area contributed by atoms with Gasteiger partial charge in [0.25, 0.3) is 0 Å². The maximum absolute atomic E-state index is 5.29. The minimum absolute atomic E-state index is 0.538. The van der Waals surface area contributed by atoms with Gasteiger partial charge in [0.05, 0.1) is 22.8 Å². The van der Waals surface area contributed by atoms with Crippen molar-refractivity contribution < 1.29 is 0 Å². The topological polar surface area (TPSA) is 12.9 Å². The third kappa shape index (κ3) is 1.32. The Bertz CT molecular complexity index is 176. The standard InChI is InChI=1S/C4H3BBrNS/c5-1-4-7-2-3(6)8-4/h2H,1H2. The molecule has 0 amide bonds. The predicted molar refractivity (Wildman–Crippen MR) is 39.3 cm³/mol. The molecule has 0 aliphatic rings. The molecule has 4 heteroatoms. The minimum atomic E-state index is 0.538. The van der Waals surface area contributed by atoms with E-state index in [-0.39, 0.29) is 0 Å². The predicted octanol–water partition coefficient (Wildman–Crippen LogP) is 1.57. The van der Waals surface area contributed by atoms with E-state index in [2.05, 4.69) is 20.9 Å². The molecule has 0 saturated carbocycles. The van der Waals surface area contributed by atoms with Crippen LogP contribution in [0.1, 0.15) is 5.01 Å². The summed E-state index contributed by atoms with van der Waals surface area (Å²) >= 11 is 4.84. The molecule has 40 valence electrons. The van der Waals surface area contributed by atoms with Gasteiger partial charge in [0, 0.05) is 0 Å². The van der Waals surface area contributed by atoms with Crippen molar-refractivity contribution in [1.29, 1.82) is 0 Å². The molecule has 0 bridgehead atoms. The molecule has 2 radical (unpaired) electrons. The first kappa shape index (κ1) is 6.30. The third-order valence-corrected chi connectivity index (χ3v) is 2.20. The van der Waals surface area contributed by atoms with Crippen LogP contribution in [0.25, 0.3) is 0 Å². The van der Waals surface area contributed by atoms with E-state index >= 15 is 0 Å². The van der Waals surface area contributed by atoms with E-state index in [1.165, 1.54) is 0 Å². The highest BCUT2D eigenvalue weighted by atomic mass is 79.9. The lowest BCUT2D eigenvalue weighted by Crippen LogP contribution is -1.76. The van der Waals surface area contributed by atoms with Gasteiger partial charge in [-0.05, 0) is 22.3 Å². The van der Waals surface area contributed by atoms with Crippen LogP contribution >= 0.6 is 27.3 Å². The summed E-state index contributed by atoms with van der Waals surface area (Å²) in [7, 11) is 5.29. The summed E-state index contributed by atoms with van der Waals surface area (Å²) in [6, 6.07) is 0. The van der Waals surface area contributed by atoms with Crippen LogP contribution in [0.2, 0.25) is 0 Å². The number of hydrogen-bond acceptors (Lipinski definition) is 2. The summed E-state index contributed by atoms with van der Waals surface area (Å²) in [6.07, 6.45) is 2.29. The Kier molecular flexibility index (Phi) is 2.08. The normalized spacial score (nSPS) is 9.62. The average molecular weight is 188 g/mol. The van der Waals surface area contributed by atoms with Crippen molar-refractivity contribution in [2.24, 2.45) is 0 Å². The Morgan fingerprint density at radius 2 is 2.62 bits per heavy atom. The van der Waals surface area contributed by atoms with E-state index in [1.54, 1.807) is 17.5 Å². The van der Waals surface area contributed by atoms with Gasteiger partial charge < -0.3 is 0 Å². The van der Waals surface area contributed by atoms with E-state index in [4.69, 9.17) is 7.85 Å². The Hall–Kier alpha value is 0.175. The quantitative estimate of drug-likeness (QED) is 0.609. The van der Waals surface area contributed by atoms with Gasteiger partial charge in [0.15, 0.2) is 0 Å². The molecule has 0 fully saturated rings. The Morgan fingerprint density at radius 3 is 2.88 bits per heavy atom. The van der Waals surface area contributed by atoms with Gasteiger partial charge in [-0.1, -0.05) is 0 Å². The van der Waals surface area contributed by atoms with E-state index < -0.39 is 0 Å². The summed E-state index contributed by atoms with van der Waals surface area (Å²) in [4.78, 5) is 3.98. The highest BCUT2D eigenvalue weighted by Gasteiger charge is 1.92. The van der Waals surface area contributed by atoms with Gasteiger partial charge in [0.2, 0.25) is 0 Å². The molecule has 0 saturated heterocycles. The van der Waals surface area contributed by atoms with Gasteiger partial charge in [0.1, 0.15) is 0 Å². The maximum atomic E-state index is 5.29. The number of thiazole rings is 1. The monoisotopic (exact) mass is 187 g/mol. The molecular weight excluding hydrogens is 185 g/mol. The lowest BCUT2D eigenvalue weighted by atomic mass is 10.1.